The van der Waals surface area contributed by atoms with E-state index in [0.717, 1.165) is 17.1 Å². The Bertz CT molecular complexity index is 555. The quantitative estimate of drug-likeness (QED) is 0.818. The molecular weight excluding hydrogens is 244 g/mol. The fourth-order valence-corrected chi connectivity index (χ4v) is 2.46. The van der Waals surface area contributed by atoms with Gasteiger partial charge in [0.25, 0.3) is 0 Å². The fourth-order valence-electron chi connectivity index (χ4n) is 1.68. The van der Waals surface area contributed by atoms with Crippen LogP contribution < -0.4 is 9.47 Å². The largest absolute Gasteiger partial charge is 0.493 e. The molecule has 0 aliphatic rings. The molecule has 1 heterocycles. The molecule has 0 saturated carbocycles. The summed E-state index contributed by atoms with van der Waals surface area (Å²) in [5.74, 6) is 1.50. The van der Waals surface area contributed by atoms with E-state index in [1.54, 1.807) is 25.6 Å². The van der Waals surface area contributed by atoms with Crippen LogP contribution in [0.2, 0.25) is 0 Å². The lowest BCUT2D eigenvalue weighted by Crippen LogP contribution is -1.90. The number of hydrogen-bond acceptors (Lipinski definition) is 3. The lowest BCUT2D eigenvalue weighted by molar-refractivity contribution is 0.355. The molecule has 3 heteroatoms. The van der Waals surface area contributed by atoms with Crippen molar-refractivity contribution in [1.29, 1.82) is 0 Å². The molecule has 0 spiro atoms. The highest BCUT2D eigenvalue weighted by Crippen LogP contribution is 2.28. The van der Waals surface area contributed by atoms with Crippen LogP contribution in [0, 0.1) is 6.92 Å². The van der Waals surface area contributed by atoms with Crippen LogP contribution in [0.4, 0.5) is 0 Å². The number of methoxy groups -OCH3 is 2. The van der Waals surface area contributed by atoms with Gasteiger partial charge in [-0.1, -0.05) is 12.1 Å². The van der Waals surface area contributed by atoms with E-state index >= 15 is 0 Å². The molecule has 2 nitrogen and oxygen atoms in total. The summed E-state index contributed by atoms with van der Waals surface area (Å²) in [6, 6.07) is 10.1. The molecule has 18 heavy (non-hydrogen) atoms. The smallest absolute Gasteiger partial charge is 0.161 e. The molecule has 0 aliphatic heterocycles. The maximum atomic E-state index is 5.28. The third-order valence-corrected chi connectivity index (χ3v) is 3.57. The summed E-state index contributed by atoms with van der Waals surface area (Å²) in [6.07, 6.45) is 4.19. The van der Waals surface area contributed by atoms with Crippen molar-refractivity contribution in [2.45, 2.75) is 6.92 Å². The molecule has 0 atom stereocenters. The topological polar surface area (TPSA) is 18.5 Å². The summed E-state index contributed by atoms with van der Waals surface area (Å²) in [6.45, 7) is 2.11. The van der Waals surface area contributed by atoms with Crippen molar-refractivity contribution in [2.24, 2.45) is 0 Å². The Labute approximate surface area is 111 Å². The molecule has 1 aromatic carbocycles. The average molecular weight is 260 g/mol. The molecule has 2 rings (SSSR count). The fraction of sp³-hybridized carbons (Fsp3) is 0.200. The highest BCUT2D eigenvalue weighted by molar-refractivity contribution is 7.12. The van der Waals surface area contributed by atoms with Gasteiger partial charge >= 0.3 is 0 Å². The Morgan fingerprint density at radius 3 is 2.33 bits per heavy atom. The molecule has 1 aromatic heterocycles. The minimum atomic E-state index is 0.751. The van der Waals surface area contributed by atoms with Crippen molar-refractivity contribution in [1.82, 2.24) is 0 Å². The molecular formula is C15H16O2S. The Morgan fingerprint density at radius 2 is 1.72 bits per heavy atom. The summed E-state index contributed by atoms with van der Waals surface area (Å²) in [5.41, 5.74) is 1.10. The van der Waals surface area contributed by atoms with Crippen LogP contribution in [0.25, 0.3) is 12.2 Å². The van der Waals surface area contributed by atoms with E-state index in [2.05, 4.69) is 31.2 Å². The van der Waals surface area contributed by atoms with Crippen LogP contribution in [0.5, 0.6) is 11.5 Å². The Morgan fingerprint density at radius 1 is 0.944 bits per heavy atom. The van der Waals surface area contributed by atoms with Crippen molar-refractivity contribution < 1.29 is 9.47 Å². The zero-order chi connectivity index (χ0) is 13.0. The first-order valence-corrected chi connectivity index (χ1v) is 6.51. The minimum Gasteiger partial charge on any atom is -0.493 e. The molecule has 0 N–H and O–H groups in total. The summed E-state index contributed by atoms with van der Waals surface area (Å²) in [7, 11) is 3.29. The summed E-state index contributed by atoms with van der Waals surface area (Å²) in [5, 5.41) is 0. The summed E-state index contributed by atoms with van der Waals surface area (Å²) < 4.78 is 10.5. The Kier molecular flexibility index (Phi) is 4.05. The molecule has 0 bridgehead atoms. The molecule has 2 aromatic rings. The van der Waals surface area contributed by atoms with Gasteiger partial charge in [-0.25, -0.2) is 0 Å². The standard InChI is InChI=1S/C15H16O2S/c1-11-4-7-13(18-11)8-5-12-6-9-14(16-2)15(10-12)17-3/h4-10H,1-3H3. The highest BCUT2D eigenvalue weighted by atomic mass is 32.1. The lowest BCUT2D eigenvalue weighted by atomic mass is 10.2. The summed E-state index contributed by atoms with van der Waals surface area (Å²) >= 11 is 1.78. The Balaban J connectivity index is 2.21. The van der Waals surface area contributed by atoms with Crippen LogP contribution >= 0.6 is 11.3 Å². The normalized spacial score (nSPS) is 10.8. The second-order valence-electron chi connectivity index (χ2n) is 3.90. The van der Waals surface area contributed by atoms with Crippen LogP contribution in [0.3, 0.4) is 0 Å². The van der Waals surface area contributed by atoms with Gasteiger partial charge in [0.2, 0.25) is 0 Å². The first kappa shape index (κ1) is 12.7. The predicted molar refractivity (Wildman–Crippen MR) is 77.5 cm³/mol. The van der Waals surface area contributed by atoms with Gasteiger partial charge in [0.05, 0.1) is 14.2 Å². The minimum absolute atomic E-state index is 0.751. The highest BCUT2D eigenvalue weighted by Gasteiger charge is 2.02. The second kappa shape index (κ2) is 5.74. The van der Waals surface area contributed by atoms with Crippen molar-refractivity contribution in [3.63, 3.8) is 0 Å². The second-order valence-corrected chi connectivity index (χ2v) is 5.22. The third kappa shape index (κ3) is 2.93. The van der Waals surface area contributed by atoms with E-state index in [-0.39, 0.29) is 0 Å². The number of benzene rings is 1. The molecule has 0 radical (unpaired) electrons. The molecule has 0 unspecified atom stereocenters. The van der Waals surface area contributed by atoms with Gasteiger partial charge in [0.15, 0.2) is 11.5 Å². The van der Waals surface area contributed by atoms with Gasteiger partial charge < -0.3 is 9.47 Å². The first-order chi connectivity index (χ1) is 8.72. The SMILES string of the molecule is COc1ccc(C=Cc2ccc(C)s2)cc1OC. The monoisotopic (exact) mass is 260 g/mol. The summed E-state index contributed by atoms with van der Waals surface area (Å²) in [4.78, 5) is 2.57. The van der Waals surface area contributed by atoms with Crippen molar-refractivity contribution in [3.8, 4) is 11.5 Å². The van der Waals surface area contributed by atoms with Gasteiger partial charge in [0.1, 0.15) is 0 Å². The van der Waals surface area contributed by atoms with E-state index in [1.165, 1.54) is 9.75 Å². The van der Waals surface area contributed by atoms with Crippen molar-refractivity contribution in [3.05, 3.63) is 45.6 Å². The maximum Gasteiger partial charge on any atom is 0.161 e. The molecule has 94 valence electrons. The van der Waals surface area contributed by atoms with Gasteiger partial charge in [-0.2, -0.15) is 0 Å². The molecule has 0 amide bonds. The number of rotatable bonds is 4. The zero-order valence-electron chi connectivity index (χ0n) is 10.8. The van der Waals surface area contributed by atoms with E-state index in [0.29, 0.717) is 0 Å². The van der Waals surface area contributed by atoms with Crippen LogP contribution in [-0.2, 0) is 0 Å². The number of hydrogen-bond donors (Lipinski definition) is 0. The number of ether oxygens (including phenoxy) is 2. The van der Waals surface area contributed by atoms with E-state index < -0.39 is 0 Å². The average Bonchev–Trinajstić information content (AvgIpc) is 2.81. The third-order valence-electron chi connectivity index (χ3n) is 2.61. The molecule has 0 fully saturated rings. The number of aryl methyl sites for hydroxylation is 1. The van der Waals surface area contributed by atoms with Crippen LogP contribution in [0.15, 0.2) is 30.3 Å². The van der Waals surface area contributed by atoms with Crippen molar-refractivity contribution in [2.75, 3.05) is 14.2 Å². The van der Waals surface area contributed by atoms with Crippen molar-refractivity contribution >= 4 is 23.5 Å². The first-order valence-electron chi connectivity index (χ1n) is 5.69. The predicted octanol–water partition coefficient (Wildman–Crippen LogP) is 4.24. The van der Waals surface area contributed by atoms with Crippen LogP contribution in [0.1, 0.15) is 15.3 Å². The van der Waals surface area contributed by atoms with Gasteiger partial charge in [-0.05, 0) is 42.8 Å². The molecule has 0 aliphatic carbocycles. The molecule has 0 saturated heterocycles. The maximum absolute atomic E-state index is 5.28. The van der Waals surface area contributed by atoms with E-state index in [9.17, 15) is 0 Å². The Hall–Kier alpha value is -1.74. The zero-order valence-corrected chi connectivity index (χ0v) is 11.6. The van der Waals surface area contributed by atoms with Crippen LogP contribution in [-0.4, -0.2) is 14.2 Å². The van der Waals surface area contributed by atoms with E-state index in [1.807, 2.05) is 18.2 Å². The van der Waals surface area contributed by atoms with Gasteiger partial charge in [-0.15, -0.1) is 11.3 Å². The van der Waals surface area contributed by atoms with Gasteiger partial charge in [-0.3, -0.25) is 0 Å². The van der Waals surface area contributed by atoms with E-state index in [4.69, 9.17) is 9.47 Å². The van der Waals surface area contributed by atoms with Gasteiger partial charge in [0, 0.05) is 9.75 Å². The lowest BCUT2D eigenvalue weighted by Gasteiger charge is -2.07. The number of thiophene rings is 1.